The summed E-state index contributed by atoms with van der Waals surface area (Å²) in [5.41, 5.74) is 0.190. The minimum absolute atomic E-state index is 0.0301. The number of carbonyl (C=O) groups excluding carboxylic acids is 1. The van der Waals surface area contributed by atoms with Crippen LogP contribution in [-0.4, -0.2) is 39.8 Å². The molecule has 0 atom stereocenters. The van der Waals surface area contributed by atoms with Gasteiger partial charge < -0.3 is 9.84 Å². The van der Waals surface area contributed by atoms with Crippen molar-refractivity contribution in [3.63, 3.8) is 0 Å². The van der Waals surface area contributed by atoms with Crippen LogP contribution in [0.1, 0.15) is 29.6 Å². The lowest BCUT2D eigenvalue weighted by atomic mass is 10.2. The van der Waals surface area contributed by atoms with Gasteiger partial charge in [-0.1, -0.05) is 6.07 Å². The van der Waals surface area contributed by atoms with Crippen LogP contribution < -0.4 is 4.72 Å². The molecule has 0 amide bonds. The van der Waals surface area contributed by atoms with Gasteiger partial charge in [-0.2, -0.15) is 0 Å². The molecule has 0 radical (unpaired) electrons. The molecule has 20 heavy (non-hydrogen) atoms. The molecule has 1 aromatic rings. The lowest BCUT2D eigenvalue weighted by molar-refractivity contribution is 0.0600. The summed E-state index contributed by atoms with van der Waals surface area (Å²) < 4.78 is 31.0. The van der Waals surface area contributed by atoms with E-state index >= 15 is 0 Å². The Bertz CT molecular complexity index is 541. The maximum Gasteiger partial charge on any atom is 0.337 e. The van der Waals surface area contributed by atoms with Gasteiger partial charge >= 0.3 is 5.97 Å². The highest BCUT2D eigenvalue weighted by atomic mass is 32.2. The topological polar surface area (TPSA) is 92.7 Å². The fourth-order valence-electron chi connectivity index (χ4n) is 1.61. The van der Waals surface area contributed by atoms with E-state index in [9.17, 15) is 13.2 Å². The number of unbranched alkanes of at least 4 members (excludes halogenated alkanes) is 2. The third-order valence-electron chi connectivity index (χ3n) is 2.69. The monoisotopic (exact) mass is 301 g/mol. The summed E-state index contributed by atoms with van der Waals surface area (Å²) in [5.74, 6) is -0.579. The van der Waals surface area contributed by atoms with Gasteiger partial charge in [0.1, 0.15) is 0 Å². The molecule has 0 aliphatic heterocycles. The van der Waals surface area contributed by atoms with Gasteiger partial charge in [0, 0.05) is 13.2 Å². The van der Waals surface area contributed by atoms with Gasteiger partial charge in [0.2, 0.25) is 10.0 Å². The van der Waals surface area contributed by atoms with Gasteiger partial charge in [0.05, 0.1) is 17.6 Å². The minimum Gasteiger partial charge on any atom is -0.465 e. The number of sulfonamides is 1. The first-order chi connectivity index (χ1) is 9.51. The quantitative estimate of drug-likeness (QED) is 0.550. The van der Waals surface area contributed by atoms with Gasteiger partial charge in [-0.05, 0) is 37.5 Å². The molecule has 0 aliphatic rings. The predicted molar refractivity (Wildman–Crippen MR) is 73.9 cm³/mol. The van der Waals surface area contributed by atoms with Crippen molar-refractivity contribution in [3.8, 4) is 0 Å². The maximum absolute atomic E-state index is 12.0. The molecule has 0 fully saturated rings. The molecule has 7 heteroatoms. The van der Waals surface area contributed by atoms with Crippen molar-refractivity contribution in [2.45, 2.75) is 24.2 Å². The average Bonchev–Trinajstić information content (AvgIpc) is 2.46. The normalized spacial score (nSPS) is 11.3. The van der Waals surface area contributed by atoms with Crippen LogP contribution in [-0.2, 0) is 14.8 Å². The fourth-order valence-corrected chi connectivity index (χ4v) is 2.73. The first-order valence-electron chi connectivity index (χ1n) is 6.30. The van der Waals surface area contributed by atoms with Crippen LogP contribution in [0.5, 0.6) is 0 Å². The summed E-state index contributed by atoms with van der Waals surface area (Å²) >= 11 is 0. The Morgan fingerprint density at radius 1 is 1.30 bits per heavy atom. The summed E-state index contributed by atoms with van der Waals surface area (Å²) in [6, 6.07) is 5.68. The second-order valence-corrected chi connectivity index (χ2v) is 5.97. The van der Waals surface area contributed by atoms with Crippen LogP contribution in [0, 0.1) is 0 Å². The molecule has 6 nitrogen and oxygen atoms in total. The molecule has 2 N–H and O–H groups in total. The number of aliphatic hydroxyl groups excluding tert-OH is 1. The molecule has 0 saturated heterocycles. The van der Waals surface area contributed by atoms with E-state index in [0.717, 1.165) is 6.42 Å². The van der Waals surface area contributed by atoms with Crippen LogP contribution in [0.25, 0.3) is 0 Å². The number of hydrogen-bond donors (Lipinski definition) is 2. The first-order valence-corrected chi connectivity index (χ1v) is 7.78. The number of rotatable bonds is 8. The van der Waals surface area contributed by atoms with Gasteiger partial charge in [-0.25, -0.2) is 17.9 Å². The van der Waals surface area contributed by atoms with E-state index in [1.165, 1.54) is 31.4 Å². The molecule has 0 aliphatic carbocycles. The van der Waals surface area contributed by atoms with E-state index < -0.39 is 16.0 Å². The lowest BCUT2D eigenvalue weighted by Gasteiger charge is -2.07. The van der Waals surface area contributed by atoms with Crippen molar-refractivity contribution in [1.82, 2.24) is 4.72 Å². The van der Waals surface area contributed by atoms with E-state index in [1.807, 2.05) is 0 Å². The van der Waals surface area contributed by atoms with Gasteiger partial charge in [0.25, 0.3) is 0 Å². The lowest BCUT2D eigenvalue weighted by Crippen LogP contribution is -2.25. The molecule has 0 spiro atoms. The number of benzene rings is 1. The van der Waals surface area contributed by atoms with E-state index in [2.05, 4.69) is 9.46 Å². The summed E-state index contributed by atoms with van der Waals surface area (Å²) in [4.78, 5) is 11.4. The fraction of sp³-hybridized carbons (Fsp3) is 0.462. The number of carbonyl (C=O) groups is 1. The Morgan fingerprint density at radius 2 is 2.05 bits per heavy atom. The van der Waals surface area contributed by atoms with Crippen LogP contribution in [0.3, 0.4) is 0 Å². The van der Waals surface area contributed by atoms with Crippen LogP contribution in [0.2, 0.25) is 0 Å². The number of methoxy groups -OCH3 is 1. The summed E-state index contributed by atoms with van der Waals surface area (Å²) in [6.07, 6.45) is 2.05. The second-order valence-electron chi connectivity index (χ2n) is 4.20. The van der Waals surface area contributed by atoms with Crippen LogP contribution >= 0.6 is 0 Å². The zero-order valence-electron chi connectivity index (χ0n) is 11.3. The molecule has 0 saturated carbocycles. The predicted octanol–water partition coefficient (Wildman–Crippen LogP) is 0.914. The SMILES string of the molecule is COC(=O)c1cccc(S(=O)(=O)NCCCCCO)c1. The highest BCUT2D eigenvalue weighted by molar-refractivity contribution is 7.89. The Morgan fingerprint density at radius 3 is 2.70 bits per heavy atom. The van der Waals surface area contributed by atoms with Gasteiger partial charge in [-0.15, -0.1) is 0 Å². The van der Waals surface area contributed by atoms with Crippen molar-refractivity contribution in [1.29, 1.82) is 0 Å². The van der Waals surface area contributed by atoms with Crippen LogP contribution in [0.15, 0.2) is 29.2 Å². The maximum atomic E-state index is 12.0. The summed E-state index contributed by atoms with van der Waals surface area (Å²) in [6.45, 7) is 0.401. The van der Waals surface area contributed by atoms with E-state index in [4.69, 9.17) is 5.11 Å². The van der Waals surface area contributed by atoms with E-state index in [-0.39, 0.29) is 17.1 Å². The van der Waals surface area contributed by atoms with E-state index in [0.29, 0.717) is 19.4 Å². The number of hydrogen-bond acceptors (Lipinski definition) is 5. The molecule has 0 aromatic heterocycles. The molecule has 0 unspecified atom stereocenters. The zero-order valence-corrected chi connectivity index (χ0v) is 12.1. The highest BCUT2D eigenvalue weighted by Gasteiger charge is 2.15. The molecule has 0 bridgehead atoms. The van der Waals surface area contributed by atoms with Crippen molar-refractivity contribution in [2.75, 3.05) is 20.3 Å². The molecular weight excluding hydrogens is 282 g/mol. The highest BCUT2D eigenvalue weighted by Crippen LogP contribution is 2.12. The third-order valence-corrected chi connectivity index (χ3v) is 4.15. The molecular formula is C13H19NO5S. The van der Waals surface area contributed by atoms with Crippen LogP contribution in [0.4, 0.5) is 0 Å². The number of aliphatic hydroxyl groups is 1. The Kier molecular flexibility index (Phi) is 6.63. The zero-order chi connectivity index (χ0) is 15.0. The van der Waals surface area contributed by atoms with Crippen molar-refractivity contribution < 1.29 is 23.1 Å². The number of esters is 1. The average molecular weight is 301 g/mol. The van der Waals surface area contributed by atoms with Crippen molar-refractivity contribution in [3.05, 3.63) is 29.8 Å². The smallest absolute Gasteiger partial charge is 0.337 e. The summed E-state index contributed by atoms with van der Waals surface area (Å²) in [7, 11) is -2.39. The Balaban J connectivity index is 2.70. The molecule has 1 rings (SSSR count). The van der Waals surface area contributed by atoms with Crippen molar-refractivity contribution in [2.24, 2.45) is 0 Å². The third kappa shape index (κ3) is 4.92. The Hall–Kier alpha value is -1.44. The molecule has 112 valence electrons. The van der Waals surface area contributed by atoms with Gasteiger partial charge in [-0.3, -0.25) is 0 Å². The van der Waals surface area contributed by atoms with Gasteiger partial charge in [0.15, 0.2) is 0 Å². The Labute approximate surface area is 118 Å². The minimum atomic E-state index is -3.63. The van der Waals surface area contributed by atoms with E-state index in [1.54, 1.807) is 0 Å². The van der Waals surface area contributed by atoms with Crippen molar-refractivity contribution >= 4 is 16.0 Å². The first kappa shape index (κ1) is 16.6. The molecule has 0 heterocycles. The summed E-state index contributed by atoms with van der Waals surface area (Å²) in [5, 5.41) is 8.63. The second kappa shape index (κ2) is 7.98. The largest absolute Gasteiger partial charge is 0.465 e. The standard InChI is InChI=1S/C13H19NO5S/c1-19-13(16)11-6-5-7-12(10-11)20(17,18)14-8-3-2-4-9-15/h5-7,10,14-15H,2-4,8-9H2,1H3. The molecule has 1 aromatic carbocycles. The number of nitrogens with one attached hydrogen (secondary N) is 1. The number of ether oxygens (including phenoxy) is 1.